The zero-order valence-electron chi connectivity index (χ0n) is 15.2. The van der Waals surface area contributed by atoms with Crippen LogP contribution in [0.5, 0.6) is 0 Å². The maximum Gasteiger partial charge on any atom is 0.255 e. The van der Waals surface area contributed by atoms with E-state index in [1.807, 2.05) is 4.90 Å². The van der Waals surface area contributed by atoms with E-state index in [0.717, 1.165) is 39.1 Å². The minimum absolute atomic E-state index is 0.0964. The average Bonchev–Trinajstić information content (AvgIpc) is 2.69. The van der Waals surface area contributed by atoms with Gasteiger partial charge in [-0.2, -0.15) is 10.2 Å². The summed E-state index contributed by atoms with van der Waals surface area (Å²) in [5, 5.41) is 7.64. The summed E-state index contributed by atoms with van der Waals surface area (Å²) in [5.74, 6) is 0.0964. The SMILES string of the molecule is O=C(c1ccnnc1)N1CCC[C@@]2(CCCN(Cc3ccccc3)C2)C1. The van der Waals surface area contributed by atoms with Crippen molar-refractivity contribution in [2.24, 2.45) is 5.41 Å². The van der Waals surface area contributed by atoms with Crippen LogP contribution in [0, 0.1) is 5.41 Å². The Kier molecular flexibility index (Phi) is 4.98. The third-order valence-electron chi connectivity index (χ3n) is 5.77. The van der Waals surface area contributed by atoms with E-state index in [2.05, 4.69) is 45.4 Å². The molecule has 26 heavy (non-hydrogen) atoms. The smallest absolute Gasteiger partial charge is 0.255 e. The van der Waals surface area contributed by atoms with E-state index in [0.29, 0.717) is 5.56 Å². The Morgan fingerprint density at radius 3 is 2.58 bits per heavy atom. The molecule has 0 N–H and O–H groups in total. The van der Waals surface area contributed by atoms with E-state index < -0.39 is 0 Å². The predicted molar refractivity (Wildman–Crippen MR) is 101 cm³/mol. The van der Waals surface area contributed by atoms with Gasteiger partial charge in [-0.25, -0.2) is 0 Å². The Bertz CT molecular complexity index is 732. The number of benzene rings is 1. The van der Waals surface area contributed by atoms with Crippen LogP contribution in [0.25, 0.3) is 0 Å². The summed E-state index contributed by atoms with van der Waals surface area (Å²) in [6, 6.07) is 12.5. The van der Waals surface area contributed by atoms with Crippen molar-refractivity contribution in [1.82, 2.24) is 20.0 Å². The number of rotatable bonds is 3. The van der Waals surface area contributed by atoms with Gasteiger partial charge in [0.15, 0.2) is 0 Å². The molecule has 0 radical (unpaired) electrons. The standard InChI is InChI=1S/C21H26N4O/c26-20(19-8-11-22-23-14-19)25-13-5-10-21(17-25)9-4-12-24(16-21)15-18-6-2-1-3-7-18/h1-3,6-8,11,14H,4-5,9-10,12-13,15-17H2/t21-/m1/s1. The van der Waals surface area contributed by atoms with Gasteiger partial charge in [0.25, 0.3) is 5.91 Å². The fourth-order valence-electron chi connectivity index (χ4n) is 4.60. The van der Waals surface area contributed by atoms with Crippen molar-refractivity contribution in [2.45, 2.75) is 32.2 Å². The highest BCUT2D eigenvalue weighted by molar-refractivity contribution is 5.93. The zero-order chi connectivity index (χ0) is 17.8. The first-order valence-electron chi connectivity index (χ1n) is 9.56. The van der Waals surface area contributed by atoms with Crippen LogP contribution >= 0.6 is 0 Å². The summed E-state index contributed by atoms with van der Waals surface area (Å²) in [7, 11) is 0. The van der Waals surface area contributed by atoms with Crippen LogP contribution in [0.15, 0.2) is 48.8 Å². The first-order valence-corrected chi connectivity index (χ1v) is 9.56. The maximum absolute atomic E-state index is 12.8. The zero-order valence-corrected chi connectivity index (χ0v) is 15.2. The normalized spacial score (nSPS) is 23.9. The highest BCUT2D eigenvalue weighted by atomic mass is 16.2. The van der Waals surface area contributed by atoms with Crippen molar-refractivity contribution < 1.29 is 4.79 Å². The molecule has 1 spiro atoms. The van der Waals surface area contributed by atoms with E-state index in [1.54, 1.807) is 18.5 Å². The lowest BCUT2D eigenvalue weighted by atomic mass is 9.73. The van der Waals surface area contributed by atoms with Crippen molar-refractivity contribution in [3.05, 3.63) is 59.9 Å². The van der Waals surface area contributed by atoms with E-state index in [9.17, 15) is 4.79 Å². The molecule has 1 aromatic carbocycles. The summed E-state index contributed by atoms with van der Waals surface area (Å²) in [6.45, 7) is 4.95. The second-order valence-electron chi connectivity index (χ2n) is 7.76. The Morgan fingerprint density at radius 1 is 1.00 bits per heavy atom. The highest BCUT2D eigenvalue weighted by Crippen LogP contribution is 2.39. The average molecular weight is 350 g/mol. The minimum atomic E-state index is 0.0964. The maximum atomic E-state index is 12.8. The molecule has 0 bridgehead atoms. The lowest BCUT2D eigenvalue weighted by Gasteiger charge is -2.48. The topological polar surface area (TPSA) is 49.3 Å². The molecule has 1 amide bonds. The fraction of sp³-hybridized carbons (Fsp3) is 0.476. The molecule has 2 fully saturated rings. The first-order chi connectivity index (χ1) is 12.7. The van der Waals surface area contributed by atoms with Gasteiger partial charge in [-0.3, -0.25) is 9.69 Å². The van der Waals surface area contributed by atoms with Gasteiger partial charge in [-0.1, -0.05) is 30.3 Å². The monoisotopic (exact) mass is 350 g/mol. The molecular formula is C21H26N4O. The number of aromatic nitrogens is 2. The summed E-state index contributed by atoms with van der Waals surface area (Å²) < 4.78 is 0. The van der Waals surface area contributed by atoms with E-state index >= 15 is 0 Å². The van der Waals surface area contributed by atoms with Crippen LogP contribution in [0.2, 0.25) is 0 Å². The number of hydrogen-bond donors (Lipinski definition) is 0. The number of carbonyl (C=O) groups is 1. The third kappa shape index (κ3) is 3.78. The number of amides is 1. The Hall–Kier alpha value is -2.27. The van der Waals surface area contributed by atoms with Crippen molar-refractivity contribution in [2.75, 3.05) is 26.2 Å². The molecule has 5 heteroatoms. The molecule has 3 heterocycles. The third-order valence-corrected chi connectivity index (χ3v) is 5.77. The molecule has 0 unspecified atom stereocenters. The Labute approximate surface area is 155 Å². The molecule has 2 aliphatic heterocycles. The minimum Gasteiger partial charge on any atom is -0.338 e. The number of nitrogens with zero attached hydrogens (tertiary/aromatic N) is 4. The highest BCUT2D eigenvalue weighted by Gasteiger charge is 2.40. The second-order valence-corrected chi connectivity index (χ2v) is 7.76. The molecule has 2 saturated heterocycles. The summed E-state index contributed by atoms with van der Waals surface area (Å²) >= 11 is 0. The fourth-order valence-corrected chi connectivity index (χ4v) is 4.60. The van der Waals surface area contributed by atoms with Gasteiger partial charge in [0.1, 0.15) is 0 Å². The second kappa shape index (κ2) is 7.54. The number of piperidine rings is 2. The predicted octanol–water partition coefficient (Wildman–Crippen LogP) is 3.00. The van der Waals surface area contributed by atoms with Crippen LogP contribution in [0.1, 0.15) is 41.6 Å². The molecule has 2 aromatic rings. The van der Waals surface area contributed by atoms with E-state index in [-0.39, 0.29) is 11.3 Å². The molecule has 4 rings (SSSR count). The van der Waals surface area contributed by atoms with Crippen molar-refractivity contribution in [3.8, 4) is 0 Å². The van der Waals surface area contributed by atoms with Crippen LogP contribution in [-0.2, 0) is 6.54 Å². The Balaban J connectivity index is 1.44. The van der Waals surface area contributed by atoms with Gasteiger partial charge in [0.05, 0.1) is 18.0 Å². The lowest BCUT2D eigenvalue weighted by molar-refractivity contribution is 0.0113. The van der Waals surface area contributed by atoms with Crippen LogP contribution in [0.3, 0.4) is 0 Å². The molecule has 136 valence electrons. The number of likely N-dealkylation sites (tertiary alicyclic amines) is 2. The summed E-state index contributed by atoms with van der Waals surface area (Å²) in [4.78, 5) is 17.4. The van der Waals surface area contributed by atoms with Gasteiger partial charge in [-0.05, 0) is 43.9 Å². The van der Waals surface area contributed by atoms with Crippen molar-refractivity contribution in [3.63, 3.8) is 0 Å². The summed E-state index contributed by atoms with van der Waals surface area (Å²) in [5.41, 5.74) is 2.26. The van der Waals surface area contributed by atoms with Crippen LogP contribution in [-0.4, -0.2) is 52.1 Å². The van der Waals surface area contributed by atoms with Gasteiger partial charge in [-0.15, -0.1) is 0 Å². The van der Waals surface area contributed by atoms with Gasteiger partial charge in [0, 0.05) is 31.6 Å². The number of carbonyl (C=O) groups excluding carboxylic acids is 1. The van der Waals surface area contributed by atoms with Gasteiger partial charge >= 0.3 is 0 Å². The molecule has 1 aromatic heterocycles. The lowest BCUT2D eigenvalue weighted by Crippen LogP contribution is -2.53. The molecular weight excluding hydrogens is 324 g/mol. The molecule has 1 atom stereocenters. The molecule has 0 aliphatic carbocycles. The van der Waals surface area contributed by atoms with Crippen molar-refractivity contribution in [1.29, 1.82) is 0 Å². The largest absolute Gasteiger partial charge is 0.338 e. The van der Waals surface area contributed by atoms with E-state index in [1.165, 1.54) is 24.8 Å². The van der Waals surface area contributed by atoms with Crippen LogP contribution in [0.4, 0.5) is 0 Å². The quantitative estimate of drug-likeness (QED) is 0.854. The Morgan fingerprint density at radius 2 is 1.81 bits per heavy atom. The van der Waals surface area contributed by atoms with Crippen LogP contribution < -0.4 is 0 Å². The molecule has 5 nitrogen and oxygen atoms in total. The molecule has 2 aliphatic rings. The number of hydrogen-bond acceptors (Lipinski definition) is 4. The van der Waals surface area contributed by atoms with Gasteiger partial charge in [0.2, 0.25) is 0 Å². The first kappa shape index (κ1) is 17.2. The van der Waals surface area contributed by atoms with Gasteiger partial charge < -0.3 is 4.90 Å². The van der Waals surface area contributed by atoms with Crippen molar-refractivity contribution >= 4 is 5.91 Å². The van der Waals surface area contributed by atoms with E-state index in [4.69, 9.17) is 0 Å². The summed E-state index contributed by atoms with van der Waals surface area (Å²) in [6.07, 6.45) is 7.91. The molecule has 0 saturated carbocycles.